The summed E-state index contributed by atoms with van der Waals surface area (Å²) in [6.45, 7) is 1.60. The van der Waals surface area contributed by atoms with Gasteiger partial charge in [0.25, 0.3) is 0 Å². The molecule has 8 heteroatoms. The van der Waals surface area contributed by atoms with Crippen LogP contribution in [0, 0.1) is 0 Å². The molecular formula is C15H16N6OS. The predicted molar refractivity (Wildman–Crippen MR) is 87.6 cm³/mol. The van der Waals surface area contributed by atoms with Gasteiger partial charge in [0.2, 0.25) is 11.6 Å². The van der Waals surface area contributed by atoms with Crippen LogP contribution in [0.2, 0.25) is 0 Å². The molecule has 1 aliphatic heterocycles. The molecule has 0 radical (unpaired) electrons. The van der Waals surface area contributed by atoms with E-state index in [1.807, 2.05) is 27.4 Å². The van der Waals surface area contributed by atoms with E-state index >= 15 is 0 Å². The normalized spacial score (nSPS) is 17.7. The number of hydrogen-bond donors (Lipinski definition) is 1. The summed E-state index contributed by atoms with van der Waals surface area (Å²) in [7, 11) is 0. The summed E-state index contributed by atoms with van der Waals surface area (Å²) in [5, 5.41) is 15.2. The number of nitrogens with one attached hydrogen (secondary N) is 1. The van der Waals surface area contributed by atoms with Gasteiger partial charge in [0.15, 0.2) is 5.82 Å². The Kier molecular flexibility index (Phi) is 3.66. The van der Waals surface area contributed by atoms with Crippen molar-refractivity contribution >= 4 is 28.7 Å². The first kappa shape index (κ1) is 14.1. The Morgan fingerprint density at radius 1 is 1.48 bits per heavy atom. The van der Waals surface area contributed by atoms with Crippen molar-refractivity contribution in [3.05, 3.63) is 41.1 Å². The van der Waals surface area contributed by atoms with Crippen molar-refractivity contribution in [2.75, 3.05) is 18.0 Å². The Hall–Kier alpha value is -2.48. The highest BCUT2D eigenvalue weighted by Crippen LogP contribution is 2.21. The van der Waals surface area contributed by atoms with Crippen molar-refractivity contribution in [3.63, 3.8) is 0 Å². The molecule has 1 atom stereocenters. The number of carbonyl (C=O) groups is 1. The molecule has 0 spiro atoms. The lowest BCUT2D eigenvalue weighted by atomic mass is 10.2. The van der Waals surface area contributed by atoms with Crippen molar-refractivity contribution in [3.8, 4) is 0 Å². The molecular weight excluding hydrogens is 312 g/mol. The lowest BCUT2D eigenvalue weighted by Crippen LogP contribution is -2.38. The van der Waals surface area contributed by atoms with Gasteiger partial charge in [0.05, 0.1) is 6.42 Å². The van der Waals surface area contributed by atoms with Gasteiger partial charge in [0.1, 0.15) is 6.33 Å². The van der Waals surface area contributed by atoms with Crippen molar-refractivity contribution in [1.29, 1.82) is 0 Å². The highest BCUT2D eigenvalue weighted by molar-refractivity contribution is 7.08. The van der Waals surface area contributed by atoms with Crippen LogP contribution in [0.1, 0.15) is 12.0 Å². The number of hydrogen-bond acceptors (Lipinski definition) is 6. The molecule has 1 fully saturated rings. The smallest absolute Gasteiger partial charge is 0.224 e. The molecule has 1 N–H and O–H groups in total. The second kappa shape index (κ2) is 5.96. The van der Waals surface area contributed by atoms with E-state index in [1.54, 1.807) is 23.9 Å². The second-order valence-electron chi connectivity index (χ2n) is 5.62. The molecule has 3 aromatic heterocycles. The van der Waals surface area contributed by atoms with E-state index in [-0.39, 0.29) is 11.9 Å². The quantitative estimate of drug-likeness (QED) is 0.777. The van der Waals surface area contributed by atoms with Crippen molar-refractivity contribution in [2.45, 2.75) is 18.9 Å². The molecule has 1 amide bonds. The first-order chi connectivity index (χ1) is 11.3. The molecule has 7 nitrogen and oxygen atoms in total. The predicted octanol–water partition coefficient (Wildman–Crippen LogP) is 1.12. The van der Waals surface area contributed by atoms with Crippen LogP contribution in [0.5, 0.6) is 0 Å². The van der Waals surface area contributed by atoms with Crippen LogP contribution in [0.4, 0.5) is 5.82 Å². The zero-order valence-electron chi connectivity index (χ0n) is 12.4. The lowest BCUT2D eigenvalue weighted by Gasteiger charge is -2.18. The topological polar surface area (TPSA) is 75.4 Å². The van der Waals surface area contributed by atoms with Crippen molar-refractivity contribution < 1.29 is 4.79 Å². The number of fused-ring (bicyclic) bond motifs is 1. The first-order valence-electron chi connectivity index (χ1n) is 7.49. The Morgan fingerprint density at radius 3 is 3.30 bits per heavy atom. The standard InChI is InChI=1S/C15H16N6OS/c22-13(7-11-2-6-23-9-11)18-12-1-4-20(8-12)14-15-19-17-10-21(15)5-3-16-14/h2-3,5-6,9-10,12H,1,4,7-8H2,(H,18,22)/t12-/m0/s1. The highest BCUT2D eigenvalue weighted by Gasteiger charge is 2.26. The zero-order chi connectivity index (χ0) is 15.6. The van der Waals surface area contributed by atoms with Crippen LogP contribution in [0.3, 0.4) is 0 Å². The van der Waals surface area contributed by atoms with Gasteiger partial charge in [-0.25, -0.2) is 4.98 Å². The molecule has 4 heterocycles. The summed E-state index contributed by atoms with van der Waals surface area (Å²) in [6, 6.07) is 2.13. The molecule has 0 unspecified atom stereocenters. The minimum Gasteiger partial charge on any atom is -0.351 e. The summed E-state index contributed by atoms with van der Waals surface area (Å²) in [5.74, 6) is 0.892. The number of amides is 1. The van der Waals surface area contributed by atoms with Crippen LogP contribution >= 0.6 is 11.3 Å². The summed E-state index contributed by atoms with van der Waals surface area (Å²) in [6.07, 6.45) is 6.59. The maximum absolute atomic E-state index is 12.1. The molecule has 0 aliphatic carbocycles. The first-order valence-corrected chi connectivity index (χ1v) is 8.43. The molecule has 23 heavy (non-hydrogen) atoms. The van der Waals surface area contributed by atoms with E-state index in [0.717, 1.165) is 36.5 Å². The number of rotatable bonds is 4. The zero-order valence-corrected chi connectivity index (χ0v) is 13.2. The fourth-order valence-corrected chi connectivity index (χ4v) is 3.56. The van der Waals surface area contributed by atoms with E-state index in [1.165, 1.54) is 0 Å². The number of anilines is 1. The van der Waals surface area contributed by atoms with E-state index in [2.05, 4.69) is 25.4 Å². The summed E-state index contributed by atoms with van der Waals surface area (Å²) < 4.78 is 1.85. The van der Waals surface area contributed by atoms with Gasteiger partial charge < -0.3 is 10.2 Å². The fourth-order valence-electron chi connectivity index (χ4n) is 2.90. The van der Waals surface area contributed by atoms with Gasteiger partial charge in [-0.05, 0) is 28.8 Å². The molecule has 3 aromatic rings. The van der Waals surface area contributed by atoms with Gasteiger partial charge in [-0.1, -0.05) is 0 Å². The number of thiophene rings is 1. The third kappa shape index (κ3) is 2.89. The van der Waals surface area contributed by atoms with E-state index in [0.29, 0.717) is 6.42 Å². The van der Waals surface area contributed by atoms with Crippen LogP contribution in [0.25, 0.3) is 5.65 Å². The third-order valence-corrected chi connectivity index (χ3v) is 4.73. The molecule has 1 aliphatic rings. The van der Waals surface area contributed by atoms with Gasteiger partial charge >= 0.3 is 0 Å². The lowest BCUT2D eigenvalue weighted by molar-refractivity contribution is -0.121. The van der Waals surface area contributed by atoms with Gasteiger partial charge in [-0.3, -0.25) is 9.20 Å². The molecule has 0 bridgehead atoms. The van der Waals surface area contributed by atoms with Crippen molar-refractivity contribution in [2.24, 2.45) is 0 Å². The minimum atomic E-state index is 0.0731. The average Bonchev–Trinajstić information content (AvgIpc) is 3.27. The van der Waals surface area contributed by atoms with Gasteiger partial charge in [-0.2, -0.15) is 11.3 Å². The van der Waals surface area contributed by atoms with E-state index in [4.69, 9.17) is 0 Å². The maximum atomic E-state index is 12.1. The van der Waals surface area contributed by atoms with Crippen LogP contribution in [-0.4, -0.2) is 44.6 Å². The highest BCUT2D eigenvalue weighted by atomic mass is 32.1. The number of aromatic nitrogens is 4. The molecule has 4 rings (SSSR count). The fraction of sp³-hybridized carbons (Fsp3) is 0.333. The molecule has 118 valence electrons. The molecule has 0 saturated carbocycles. The molecule has 0 aromatic carbocycles. The van der Waals surface area contributed by atoms with Crippen LogP contribution in [-0.2, 0) is 11.2 Å². The number of nitrogens with zero attached hydrogens (tertiary/aromatic N) is 5. The average molecular weight is 328 g/mol. The van der Waals surface area contributed by atoms with Gasteiger partial charge in [-0.15, -0.1) is 10.2 Å². The van der Waals surface area contributed by atoms with Crippen molar-refractivity contribution in [1.82, 2.24) is 24.9 Å². The Labute approximate surface area is 137 Å². The molecule has 1 saturated heterocycles. The van der Waals surface area contributed by atoms with Gasteiger partial charge in [0, 0.05) is 31.5 Å². The summed E-state index contributed by atoms with van der Waals surface area (Å²) in [5.41, 5.74) is 1.81. The monoisotopic (exact) mass is 328 g/mol. The Morgan fingerprint density at radius 2 is 2.43 bits per heavy atom. The third-order valence-electron chi connectivity index (χ3n) is 3.99. The minimum absolute atomic E-state index is 0.0731. The van der Waals surface area contributed by atoms with E-state index < -0.39 is 0 Å². The SMILES string of the molecule is O=C(Cc1ccsc1)N[C@H]1CCN(c2nccn3cnnc23)C1. The van der Waals surface area contributed by atoms with E-state index in [9.17, 15) is 4.79 Å². The largest absolute Gasteiger partial charge is 0.351 e. The summed E-state index contributed by atoms with van der Waals surface area (Å²) in [4.78, 5) is 18.7. The Balaban J connectivity index is 1.41. The number of carbonyl (C=O) groups excluding carboxylic acids is 1. The maximum Gasteiger partial charge on any atom is 0.224 e. The second-order valence-corrected chi connectivity index (χ2v) is 6.40. The van der Waals surface area contributed by atoms with Crippen LogP contribution < -0.4 is 10.2 Å². The summed E-state index contributed by atoms with van der Waals surface area (Å²) >= 11 is 1.61. The Bertz CT molecular complexity index is 814. The van der Waals surface area contributed by atoms with Crippen LogP contribution in [0.15, 0.2) is 35.5 Å².